The zero-order valence-corrected chi connectivity index (χ0v) is 12.0. The van der Waals surface area contributed by atoms with Crippen LogP contribution in [0.3, 0.4) is 0 Å². The minimum Gasteiger partial charge on any atom is -0.488 e. The molecule has 1 aliphatic rings. The highest BCUT2D eigenvalue weighted by molar-refractivity contribution is 5.86. The molecule has 2 N–H and O–H groups in total. The number of hydrogen-bond donors (Lipinski definition) is 2. The molecule has 3 atom stereocenters. The normalized spacial score (nSPS) is 21.6. The van der Waals surface area contributed by atoms with E-state index < -0.39 is 35.5 Å². The Morgan fingerprint density at radius 1 is 1.36 bits per heavy atom. The van der Waals surface area contributed by atoms with Crippen molar-refractivity contribution in [1.29, 1.82) is 0 Å². The van der Waals surface area contributed by atoms with Crippen molar-refractivity contribution in [2.45, 2.75) is 25.8 Å². The molecule has 1 aromatic rings. The van der Waals surface area contributed by atoms with E-state index in [1.807, 2.05) is 0 Å². The molecule has 0 radical (unpaired) electrons. The summed E-state index contributed by atoms with van der Waals surface area (Å²) >= 11 is 0. The van der Waals surface area contributed by atoms with Crippen LogP contribution in [0.5, 0.6) is 5.75 Å². The summed E-state index contributed by atoms with van der Waals surface area (Å²) in [4.78, 5) is 22.8. The van der Waals surface area contributed by atoms with Crippen molar-refractivity contribution in [3.05, 3.63) is 29.8 Å². The third-order valence-corrected chi connectivity index (χ3v) is 3.70. The number of halogens is 2. The fraction of sp³-hybridized carbons (Fsp3) is 0.467. The van der Waals surface area contributed by atoms with Gasteiger partial charge in [-0.15, -0.1) is 0 Å². The van der Waals surface area contributed by atoms with Gasteiger partial charge in [-0.1, -0.05) is 0 Å². The summed E-state index contributed by atoms with van der Waals surface area (Å²) in [5, 5.41) is 11.6. The van der Waals surface area contributed by atoms with E-state index in [-0.39, 0.29) is 18.3 Å². The van der Waals surface area contributed by atoms with Gasteiger partial charge < -0.3 is 15.2 Å². The first kappa shape index (κ1) is 16.2. The molecular formula is C15H17F2NO4. The van der Waals surface area contributed by atoms with E-state index >= 15 is 0 Å². The molecule has 1 saturated carbocycles. The molecule has 0 heterocycles. The van der Waals surface area contributed by atoms with Crippen LogP contribution in [-0.2, 0) is 9.59 Å². The number of carboxylic acids is 1. The van der Waals surface area contributed by atoms with E-state index in [2.05, 4.69) is 5.32 Å². The van der Waals surface area contributed by atoms with Crippen molar-refractivity contribution in [2.75, 3.05) is 6.61 Å². The predicted molar refractivity (Wildman–Crippen MR) is 73.3 cm³/mol. The van der Waals surface area contributed by atoms with Gasteiger partial charge in [0.25, 0.3) is 0 Å². The summed E-state index contributed by atoms with van der Waals surface area (Å²) in [5.41, 5.74) is 0. The number of benzene rings is 1. The van der Waals surface area contributed by atoms with Crippen molar-refractivity contribution < 1.29 is 28.2 Å². The monoisotopic (exact) mass is 313 g/mol. The first-order chi connectivity index (χ1) is 10.4. The number of rotatable bonds is 6. The maximum absolute atomic E-state index is 13.4. The molecule has 1 fully saturated rings. The third kappa shape index (κ3) is 3.72. The van der Waals surface area contributed by atoms with Crippen LogP contribution in [-0.4, -0.2) is 29.6 Å². The Bertz CT molecular complexity index is 579. The molecular weight excluding hydrogens is 296 g/mol. The van der Waals surface area contributed by atoms with E-state index in [1.54, 1.807) is 6.92 Å². The van der Waals surface area contributed by atoms with Crippen molar-refractivity contribution in [2.24, 2.45) is 11.8 Å². The number of carbonyl (C=O) groups is 2. The highest BCUT2D eigenvalue weighted by Gasteiger charge is 2.41. The second-order valence-electron chi connectivity index (χ2n) is 5.42. The zero-order chi connectivity index (χ0) is 16.3. The number of aliphatic carboxylic acids is 1. The van der Waals surface area contributed by atoms with Crippen molar-refractivity contribution in [3.63, 3.8) is 0 Å². The van der Waals surface area contributed by atoms with Gasteiger partial charge in [-0.25, -0.2) is 8.78 Å². The van der Waals surface area contributed by atoms with Gasteiger partial charge in [0.05, 0.1) is 17.9 Å². The molecule has 0 saturated heterocycles. The first-order valence-corrected chi connectivity index (χ1v) is 6.99. The van der Waals surface area contributed by atoms with Gasteiger partial charge in [0.15, 0.2) is 11.6 Å². The lowest BCUT2D eigenvalue weighted by Gasteiger charge is -2.32. The Morgan fingerprint density at radius 3 is 2.59 bits per heavy atom. The summed E-state index contributed by atoms with van der Waals surface area (Å²) in [6, 6.07) is 2.54. The zero-order valence-electron chi connectivity index (χ0n) is 12.0. The largest absolute Gasteiger partial charge is 0.488 e. The second-order valence-corrected chi connectivity index (χ2v) is 5.42. The van der Waals surface area contributed by atoms with Gasteiger partial charge in [-0.3, -0.25) is 9.59 Å². The van der Waals surface area contributed by atoms with Crippen molar-refractivity contribution in [3.8, 4) is 5.75 Å². The SMILES string of the molecule is CC(COc1ccc(F)cc1F)NC(=O)C1CCC1C(=O)O. The average Bonchev–Trinajstić information content (AvgIpc) is 2.35. The fourth-order valence-electron chi connectivity index (χ4n) is 2.31. The van der Waals surface area contributed by atoms with Crippen LogP contribution in [0.4, 0.5) is 8.78 Å². The lowest BCUT2D eigenvalue weighted by molar-refractivity contribution is -0.153. The lowest BCUT2D eigenvalue weighted by Crippen LogP contribution is -2.47. The Kier molecular flexibility index (Phi) is 4.95. The van der Waals surface area contributed by atoms with Gasteiger partial charge in [0.1, 0.15) is 12.4 Å². The molecule has 7 heteroatoms. The molecule has 0 spiro atoms. The third-order valence-electron chi connectivity index (χ3n) is 3.70. The van der Waals surface area contributed by atoms with E-state index in [1.165, 1.54) is 6.07 Å². The molecule has 5 nitrogen and oxygen atoms in total. The van der Waals surface area contributed by atoms with Crippen LogP contribution >= 0.6 is 0 Å². The van der Waals surface area contributed by atoms with Gasteiger partial charge in [0.2, 0.25) is 5.91 Å². The van der Waals surface area contributed by atoms with E-state index in [4.69, 9.17) is 9.84 Å². The summed E-state index contributed by atoms with van der Waals surface area (Å²) in [6.07, 6.45) is 1.04. The lowest BCUT2D eigenvalue weighted by atomic mass is 9.73. The summed E-state index contributed by atoms with van der Waals surface area (Å²) < 4.78 is 31.3. The number of ether oxygens (including phenoxy) is 1. The second kappa shape index (κ2) is 6.72. The summed E-state index contributed by atoms with van der Waals surface area (Å²) in [7, 11) is 0. The van der Waals surface area contributed by atoms with E-state index in [0.29, 0.717) is 18.9 Å². The number of carboxylic acid groups (broad SMARTS) is 1. The molecule has 1 amide bonds. The molecule has 1 aliphatic carbocycles. The van der Waals surface area contributed by atoms with Gasteiger partial charge >= 0.3 is 5.97 Å². The van der Waals surface area contributed by atoms with Crippen LogP contribution < -0.4 is 10.1 Å². The minimum absolute atomic E-state index is 0.00124. The maximum Gasteiger partial charge on any atom is 0.307 e. The molecule has 3 unspecified atom stereocenters. The number of hydrogen-bond acceptors (Lipinski definition) is 3. The highest BCUT2D eigenvalue weighted by atomic mass is 19.1. The standard InChI is InChI=1S/C15H17F2NO4/c1-8(7-22-13-5-2-9(16)6-12(13)17)18-14(19)10-3-4-11(10)15(20)21/h2,5-6,8,10-11H,3-4,7H2,1H3,(H,18,19)(H,20,21). The van der Waals surface area contributed by atoms with Crippen molar-refractivity contribution >= 4 is 11.9 Å². The quantitative estimate of drug-likeness (QED) is 0.842. The van der Waals surface area contributed by atoms with Crippen molar-refractivity contribution in [1.82, 2.24) is 5.32 Å². The van der Waals surface area contributed by atoms with Crippen LogP contribution in [0, 0.1) is 23.5 Å². The van der Waals surface area contributed by atoms with Crippen LogP contribution in [0.15, 0.2) is 18.2 Å². The smallest absolute Gasteiger partial charge is 0.307 e. The highest BCUT2D eigenvalue weighted by Crippen LogP contribution is 2.34. The number of amides is 1. The van der Waals surface area contributed by atoms with Crippen LogP contribution in [0.25, 0.3) is 0 Å². The van der Waals surface area contributed by atoms with E-state index in [9.17, 15) is 18.4 Å². The topological polar surface area (TPSA) is 75.6 Å². The van der Waals surface area contributed by atoms with E-state index in [0.717, 1.165) is 6.07 Å². The van der Waals surface area contributed by atoms with Gasteiger partial charge in [-0.2, -0.15) is 0 Å². The number of nitrogens with one attached hydrogen (secondary N) is 1. The first-order valence-electron chi connectivity index (χ1n) is 6.99. The molecule has 2 rings (SSSR count). The Balaban J connectivity index is 1.81. The molecule has 1 aromatic carbocycles. The molecule has 0 bridgehead atoms. The van der Waals surface area contributed by atoms with Gasteiger partial charge in [-0.05, 0) is 31.9 Å². The maximum atomic E-state index is 13.4. The Labute approximate surface area is 126 Å². The van der Waals surface area contributed by atoms with Gasteiger partial charge in [0, 0.05) is 6.07 Å². The molecule has 22 heavy (non-hydrogen) atoms. The number of carbonyl (C=O) groups excluding carboxylic acids is 1. The summed E-state index contributed by atoms with van der Waals surface area (Å²) in [6.45, 7) is 1.66. The van der Waals surface area contributed by atoms with Crippen LogP contribution in [0.2, 0.25) is 0 Å². The fourth-order valence-corrected chi connectivity index (χ4v) is 2.31. The average molecular weight is 313 g/mol. The predicted octanol–water partition coefficient (Wildman–Crippen LogP) is 1.96. The van der Waals surface area contributed by atoms with Crippen LogP contribution in [0.1, 0.15) is 19.8 Å². The molecule has 0 aliphatic heterocycles. The minimum atomic E-state index is -0.969. The molecule has 120 valence electrons. The molecule has 0 aromatic heterocycles. The Morgan fingerprint density at radius 2 is 2.05 bits per heavy atom. The Hall–Kier alpha value is -2.18. The summed E-state index contributed by atoms with van der Waals surface area (Å²) in [5.74, 6) is -4.09.